The van der Waals surface area contributed by atoms with Crippen LogP contribution in [-0.4, -0.2) is 18.4 Å². The van der Waals surface area contributed by atoms with Gasteiger partial charge in [-0.2, -0.15) is 0 Å². The number of esters is 1. The Morgan fingerprint density at radius 2 is 2.00 bits per heavy atom. The highest BCUT2D eigenvalue weighted by molar-refractivity contribution is 9.10. The number of carbonyl (C=O) groups is 2. The topological polar surface area (TPSA) is 55.4 Å². The van der Waals surface area contributed by atoms with Gasteiger partial charge in [0.05, 0.1) is 16.3 Å². The monoisotopic (exact) mass is 379 g/mol. The summed E-state index contributed by atoms with van der Waals surface area (Å²) in [7, 11) is 0. The molecule has 1 aromatic rings. The summed E-state index contributed by atoms with van der Waals surface area (Å²) in [5, 5.41) is 3.77. The summed E-state index contributed by atoms with van der Waals surface area (Å²) in [6.07, 6.45) is 1.16. The van der Waals surface area contributed by atoms with E-state index in [-0.39, 0.29) is 24.3 Å². The molecule has 2 aliphatic heterocycles. The van der Waals surface area contributed by atoms with Crippen molar-refractivity contribution in [2.45, 2.75) is 18.8 Å². The van der Waals surface area contributed by atoms with Crippen molar-refractivity contribution in [1.82, 2.24) is 5.32 Å². The Morgan fingerprint density at radius 3 is 2.77 bits per heavy atom. The summed E-state index contributed by atoms with van der Waals surface area (Å²) in [5.74, 6) is -0.669. The number of Topliss-reactive ketones (excluding diaryl/α,β-unsaturated/α-hetero) is 1. The predicted molar refractivity (Wildman–Crippen MR) is 84.3 cm³/mol. The first-order chi connectivity index (χ1) is 10.6. The van der Waals surface area contributed by atoms with Gasteiger partial charge in [-0.25, -0.2) is 4.79 Å². The van der Waals surface area contributed by atoms with Crippen molar-refractivity contribution in [2.24, 2.45) is 0 Å². The van der Waals surface area contributed by atoms with E-state index in [1.54, 1.807) is 6.07 Å². The highest BCUT2D eigenvalue weighted by atomic mass is 79.9. The molecule has 112 valence electrons. The number of halogens is 2. The molecule has 1 aliphatic carbocycles. The van der Waals surface area contributed by atoms with E-state index in [1.165, 1.54) is 0 Å². The Hall–Kier alpha value is -1.59. The van der Waals surface area contributed by atoms with Gasteiger partial charge >= 0.3 is 5.97 Å². The molecule has 0 bridgehead atoms. The number of carbonyl (C=O) groups excluding carboxylic acids is 2. The van der Waals surface area contributed by atoms with Gasteiger partial charge in [-0.1, -0.05) is 17.7 Å². The zero-order valence-electron chi connectivity index (χ0n) is 11.4. The number of nitrogens with one attached hydrogen (secondary N) is 1. The summed E-state index contributed by atoms with van der Waals surface area (Å²) < 4.78 is 5.93. The molecule has 1 unspecified atom stereocenters. The zero-order chi connectivity index (χ0) is 15.4. The number of hydrogen-bond acceptors (Lipinski definition) is 4. The van der Waals surface area contributed by atoms with Gasteiger partial charge in [-0.3, -0.25) is 4.79 Å². The molecule has 0 amide bonds. The minimum atomic E-state index is -0.387. The molecule has 3 aliphatic rings. The van der Waals surface area contributed by atoms with Gasteiger partial charge in [0.25, 0.3) is 0 Å². The van der Waals surface area contributed by atoms with Crippen LogP contribution in [-0.2, 0) is 14.3 Å². The average Bonchev–Trinajstić information content (AvgIpc) is 3.05. The van der Waals surface area contributed by atoms with E-state index in [4.69, 9.17) is 16.3 Å². The number of rotatable bonds is 1. The van der Waals surface area contributed by atoms with E-state index in [9.17, 15) is 9.59 Å². The maximum atomic E-state index is 12.3. The number of allylic oxidation sites excluding steroid dienone is 2. The largest absolute Gasteiger partial charge is 0.456 e. The summed E-state index contributed by atoms with van der Waals surface area (Å²) in [4.78, 5) is 24.5. The fourth-order valence-electron chi connectivity index (χ4n) is 3.30. The maximum absolute atomic E-state index is 12.3. The van der Waals surface area contributed by atoms with E-state index < -0.39 is 0 Å². The molecule has 0 aromatic heterocycles. The van der Waals surface area contributed by atoms with Gasteiger partial charge in [0.15, 0.2) is 5.78 Å². The number of dihydropyridines is 1. The molecular weight excluding hydrogens is 370 g/mol. The van der Waals surface area contributed by atoms with Gasteiger partial charge in [0.1, 0.15) is 6.61 Å². The number of cyclic esters (lactones) is 1. The van der Waals surface area contributed by atoms with Crippen LogP contribution in [0.5, 0.6) is 0 Å². The van der Waals surface area contributed by atoms with E-state index in [2.05, 4.69) is 21.2 Å². The summed E-state index contributed by atoms with van der Waals surface area (Å²) in [6, 6.07) is 5.52. The normalized spacial score (nSPS) is 23.5. The molecule has 4 rings (SSSR count). The van der Waals surface area contributed by atoms with Crippen LogP contribution in [0.4, 0.5) is 0 Å². The second-order valence-corrected chi connectivity index (χ2v) is 6.78. The third-order valence-corrected chi connectivity index (χ3v) is 5.51. The van der Waals surface area contributed by atoms with Crippen LogP contribution in [0.1, 0.15) is 24.3 Å². The first-order valence-electron chi connectivity index (χ1n) is 6.94. The van der Waals surface area contributed by atoms with Crippen LogP contribution in [0.15, 0.2) is 45.2 Å². The highest BCUT2D eigenvalue weighted by Crippen LogP contribution is 2.45. The molecule has 1 N–H and O–H groups in total. The van der Waals surface area contributed by atoms with Crippen LogP contribution in [0.25, 0.3) is 0 Å². The predicted octanol–water partition coefficient (Wildman–Crippen LogP) is 3.22. The Kier molecular flexibility index (Phi) is 3.16. The van der Waals surface area contributed by atoms with E-state index in [0.29, 0.717) is 29.0 Å². The van der Waals surface area contributed by atoms with Crippen LogP contribution >= 0.6 is 27.5 Å². The molecule has 6 heteroatoms. The van der Waals surface area contributed by atoms with Gasteiger partial charge in [-0.15, -0.1) is 0 Å². The molecule has 1 atom stereocenters. The Balaban J connectivity index is 1.91. The standard InChI is InChI=1S/C16H11BrClNO3/c17-8-2-1-7(5-9(8)18)13-14-10(3-4-12(14)20)19-11-6-22-16(21)15(11)13/h1-2,5,13,19H,3-4,6H2. The van der Waals surface area contributed by atoms with E-state index in [1.807, 2.05) is 12.1 Å². The lowest BCUT2D eigenvalue weighted by atomic mass is 9.81. The van der Waals surface area contributed by atoms with Crippen molar-refractivity contribution in [3.8, 4) is 0 Å². The number of ketones is 1. The van der Waals surface area contributed by atoms with Crippen molar-refractivity contribution in [3.63, 3.8) is 0 Å². The lowest BCUT2D eigenvalue weighted by molar-refractivity contribution is -0.136. The summed E-state index contributed by atoms with van der Waals surface area (Å²) in [5.41, 5.74) is 3.72. The first kappa shape index (κ1) is 14.0. The van der Waals surface area contributed by atoms with Crippen LogP contribution in [0.2, 0.25) is 5.02 Å². The lowest BCUT2D eigenvalue weighted by Crippen LogP contribution is -2.26. The smallest absolute Gasteiger partial charge is 0.337 e. The molecular formula is C16H11BrClNO3. The quantitative estimate of drug-likeness (QED) is 0.760. The van der Waals surface area contributed by atoms with Crippen molar-refractivity contribution >= 4 is 39.3 Å². The molecule has 0 radical (unpaired) electrons. The summed E-state index contributed by atoms with van der Waals surface area (Å²) in [6.45, 7) is 0.236. The molecule has 0 saturated carbocycles. The number of ether oxygens (including phenoxy) is 1. The zero-order valence-corrected chi connectivity index (χ0v) is 13.8. The van der Waals surface area contributed by atoms with E-state index >= 15 is 0 Å². The van der Waals surface area contributed by atoms with Crippen molar-refractivity contribution in [1.29, 1.82) is 0 Å². The Bertz CT molecular complexity index is 757. The molecule has 0 fully saturated rings. The van der Waals surface area contributed by atoms with Crippen molar-refractivity contribution in [2.75, 3.05) is 6.61 Å². The molecule has 0 spiro atoms. The Labute approximate surface area is 140 Å². The van der Waals surface area contributed by atoms with Crippen LogP contribution < -0.4 is 5.32 Å². The number of hydrogen-bond donors (Lipinski definition) is 1. The second-order valence-electron chi connectivity index (χ2n) is 5.52. The van der Waals surface area contributed by atoms with Gasteiger partial charge in [0, 0.05) is 28.1 Å². The van der Waals surface area contributed by atoms with Crippen molar-refractivity contribution < 1.29 is 14.3 Å². The number of benzene rings is 1. The van der Waals surface area contributed by atoms with Crippen LogP contribution in [0, 0.1) is 0 Å². The van der Waals surface area contributed by atoms with Gasteiger partial charge < -0.3 is 10.1 Å². The molecule has 1 aromatic carbocycles. The van der Waals surface area contributed by atoms with E-state index in [0.717, 1.165) is 21.4 Å². The van der Waals surface area contributed by atoms with Crippen molar-refractivity contribution in [3.05, 3.63) is 55.8 Å². The molecule has 2 heterocycles. The lowest BCUT2D eigenvalue weighted by Gasteiger charge is -2.26. The second kappa shape index (κ2) is 4.96. The fourth-order valence-corrected chi connectivity index (χ4v) is 3.74. The SMILES string of the molecule is O=C1CCC2=C1C(c1ccc(Br)c(Cl)c1)C1=C(COC1=O)N2. The molecule has 22 heavy (non-hydrogen) atoms. The minimum Gasteiger partial charge on any atom is -0.456 e. The first-order valence-corrected chi connectivity index (χ1v) is 8.11. The molecule has 0 saturated heterocycles. The third kappa shape index (κ3) is 1.96. The minimum absolute atomic E-state index is 0.0813. The molecule has 4 nitrogen and oxygen atoms in total. The van der Waals surface area contributed by atoms with Gasteiger partial charge in [0.2, 0.25) is 0 Å². The third-order valence-electron chi connectivity index (χ3n) is 4.28. The average molecular weight is 381 g/mol. The summed E-state index contributed by atoms with van der Waals surface area (Å²) >= 11 is 9.56. The Morgan fingerprint density at radius 1 is 1.18 bits per heavy atom. The highest BCUT2D eigenvalue weighted by Gasteiger charge is 2.43. The van der Waals surface area contributed by atoms with Crippen LogP contribution in [0.3, 0.4) is 0 Å². The van der Waals surface area contributed by atoms with Gasteiger partial charge in [-0.05, 0) is 40.0 Å². The maximum Gasteiger partial charge on any atom is 0.337 e. The fraction of sp³-hybridized carbons (Fsp3) is 0.250.